The zero-order valence-electron chi connectivity index (χ0n) is 13.0. The predicted octanol–water partition coefficient (Wildman–Crippen LogP) is 4.48. The molecule has 0 heterocycles. The summed E-state index contributed by atoms with van der Waals surface area (Å²) in [4.78, 5) is 0. The molecule has 99 valence electrons. The van der Waals surface area contributed by atoms with E-state index in [1.165, 1.54) is 12.8 Å². The first-order chi connectivity index (χ1) is 8.22. The van der Waals surface area contributed by atoms with Crippen molar-refractivity contribution in [1.29, 1.82) is 0 Å². The molecule has 0 nitrogen and oxygen atoms in total. The summed E-state index contributed by atoms with van der Waals surface area (Å²) in [5.74, 6) is 7.04. The first kappa shape index (κ1) is 14.3. The van der Waals surface area contributed by atoms with E-state index in [1.54, 1.807) is 0 Å². The van der Waals surface area contributed by atoms with Gasteiger partial charge in [-0.2, -0.15) is 0 Å². The number of hydrogen-bond acceptors (Lipinski definition) is 0. The second-order valence-electron chi connectivity index (χ2n) is 8.11. The van der Waals surface area contributed by atoms with E-state index < -0.39 is 8.07 Å². The van der Waals surface area contributed by atoms with Crippen LogP contribution in [0.2, 0.25) is 31.8 Å². The zero-order valence-corrected chi connectivity index (χ0v) is 14.0. The molecule has 3 aliphatic carbocycles. The lowest BCUT2D eigenvalue weighted by Crippen LogP contribution is -2.54. The van der Waals surface area contributed by atoms with E-state index in [0.29, 0.717) is 5.41 Å². The molecule has 0 N–H and O–H groups in total. The van der Waals surface area contributed by atoms with E-state index in [0.717, 1.165) is 29.9 Å². The normalized spacial score (nSPS) is 37.2. The molecule has 0 amide bonds. The maximum Gasteiger partial charge on any atom is 0.130 e. The fourth-order valence-corrected chi connectivity index (χ4v) is 4.66. The van der Waals surface area contributed by atoms with Crippen LogP contribution in [0.15, 0.2) is 0 Å². The van der Waals surface area contributed by atoms with Gasteiger partial charge >= 0.3 is 0 Å². The molecule has 3 rings (SSSR count). The first-order valence-electron chi connectivity index (χ1n) is 7.55. The van der Waals surface area contributed by atoms with Crippen LogP contribution in [0.3, 0.4) is 0 Å². The molecule has 0 unspecified atom stereocenters. The summed E-state index contributed by atoms with van der Waals surface area (Å²) in [6.07, 6.45) is 3.91. The van der Waals surface area contributed by atoms with Crippen LogP contribution >= 0.6 is 0 Å². The van der Waals surface area contributed by atoms with Crippen LogP contribution in [0.5, 0.6) is 0 Å². The lowest BCUT2D eigenvalue weighted by atomic mass is 9.37. The Kier molecular flexibility index (Phi) is 3.76. The Morgan fingerprint density at radius 3 is 2.39 bits per heavy atom. The molecule has 2 bridgehead atoms. The van der Waals surface area contributed by atoms with Crippen molar-refractivity contribution >= 4 is 15.4 Å². The standard InChI is InChI=1S/C16H28BSi/c1-12-14-10-13(16(14,2)3)11-15(12)17-8-7-9-18(4,5)6/h12-15H,8,10-11H2,1-6H3/t12-,13+,14-,15-/m1/s1. The second-order valence-corrected chi connectivity index (χ2v) is 12.9. The van der Waals surface area contributed by atoms with Gasteiger partial charge in [-0.05, 0) is 35.9 Å². The van der Waals surface area contributed by atoms with Crippen molar-refractivity contribution in [2.45, 2.75) is 65.4 Å². The molecule has 0 aromatic carbocycles. The minimum atomic E-state index is -1.17. The van der Waals surface area contributed by atoms with Crippen LogP contribution in [-0.4, -0.2) is 15.4 Å². The van der Waals surface area contributed by atoms with Gasteiger partial charge in [0.1, 0.15) is 15.4 Å². The SMILES string of the molecule is C[C@H]1[C@H]([B]CC#C[Si](C)(C)C)C[C@@H]2C[C@H]1C2(C)C. The molecule has 18 heavy (non-hydrogen) atoms. The van der Waals surface area contributed by atoms with Crippen molar-refractivity contribution in [3.05, 3.63) is 0 Å². The van der Waals surface area contributed by atoms with Gasteiger partial charge in [0.2, 0.25) is 0 Å². The van der Waals surface area contributed by atoms with Crippen molar-refractivity contribution in [1.82, 2.24) is 0 Å². The molecule has 1 radical (unpaired) electrons. The molecule has 4 atom stereocenters. The molecule has 3 fully saturated rings. The molecule has 0 saturated heterocycles. The highest BCUT2D eigenvalue weighted by Crippen LogP contribution is 2.64. The van der Waals surface area contributed by atoms with Crippen LogP contribution in [0.25, 0.3) is 0 Å². The first-order valence-corrected chi connectivity index (χ1v) is 11.0. The van der Waals surface area contributed by atoms with Crippen LogP contribution in [-0.2, 0) is 0 Å². The quantitative estimate of drug-likeness (QED) is 0.506. The van der Waals surface area contributed by atoms with Crippen LogP contribution in [0.4, 0.5) is 0 Å². The molecule has 0 aromatic rings. The van der Waals surface area contributed by atoms with E-state index in [1.807, 2.05) is 0 Å². The molecule has 0 aromatic heterocycles. The van der Waals surface area contributed by atoms with E-state index in [2.05, 4.69) is 59.2 Å². The van der Waals surface area contributed by atoms with Gasteiger partial charge in [0.15, 0.2) is 0 Å². The molecule has 0 aliphatic heterocycles. The average molecular weight is 259 g/mol. The largest absolute Gasteiger partial charge is 0.133 e. The Labute approximate surface area is 116 Å². The Hall–Kier alpha value is -0.158. The topological polar surface area (TPSA) is 0 Å². The molecular weight excluding hydrogens is 231 g/mol. The van der Waals surface area contributed by atoms with Gasteiger partial charge in [-0.3, -0.25) is 0 Å². The number of fused-ring (bicyclic) bond motifs is 2. The van der Waals surface area contributed by atoms with Crippen LogP contribution in [0, 0.1) is 34.6 Å². The third kappa shape index (κ3) is 2.72. The third-order valence-corrected chi connectivity index (χ3v) is 6.33. The van der Waals surface area contributed by atoms with Crippen molar-refractivity contribution < 1.29 is 0 Å². The maximum atomic E-state index is 3.47. The fraction of sp³-hybridized carbons (Fsp3) is 0.875. The predicted molar refractivity (Wildman–Crippen MR) is 84.6 cm³/mol. The lowest BCUT2D eigenvalue weighted by molar-refractivity contribution is -0.0985. The van der Waals surface area contributed by atoms with Gasteiger partial charge in [-0.1, -0.05) is 52.7 Å². The van der Waals surface area contributed by atoms with E-state index in [-0.39, 0.29) is 0 Å². The smallest absolute Gasteiger partial charge is 0.130 e. The van der Waals surface area contributed by atoms with Gasteiger partial charge in [0, 0.05) is 0 Å². The van der Waals surface area contributed by atoms with Gasteiger partial charge in [-0.15, -0.1) is 11.5 Å². The highest BCUT2D eigenvalue weighted by molar-refractivity contribution is 6.83. The highest BCUT2D eigenvalue weighted by atomic mass is 28.3. The second kappa shape index (κ2) is 4.75. The maximum absolute atomic E-state index is 3.47. The monoisotopic (exact) mass is 259 g/mol. The average Bonchev–Trinajstić information content (AvgIpc) is 2.24. The van der Waals surface area contributed by atoms with Crippen molar-refractivity contribution in [2.75, 3.05) is 0 Å². The summed E-state index contributed by atoms with van der Waals surface area (Å²) >= 11 is 0. The Bertz CT molecular complexity index is 369. The summed E-state index contributed by atoms with van der Waals surface area (Å²) in [6, 6.07) is 0. The summed E-state index contributed by atoms with van der Waals surface area (Å²) in [6.45, 7) is 14.4. The molecule has 3 saturated carbocycles. The summed E-state index contributed by atoms with van der Waals surface area (Å²) in [7, 11) is 1.35. The summed E-state index contributed by atoms with van der Waals surface area (Å²) in [5.41, 5.74) is 4.09. The lowest BCUT2D eigenvalue weighted by Gasteiger charge is -2.62. The number of rotatable bonds is 2. The van der Waals surface area contributed by atoms with Gasteiger partial charge in [0.05, 0.1) is 0 Å². The minimum absolute atomic E-state index is 0.619. The van der Waals surface area contributed by atoms with E-state index in [4.69, 9.17) is 0 Å². The van der Waals surface area contributed by atoms with E-state index in [9.17, 15) is 0 Å². The Morgan fingerprint density at radius 2 is 1.89 bits per heavy atom. The van der Waals surface area contributed by atoms with Gasteiger partial charge in [0.25, 0.3) is 0 Å². The van der Waals surface area contributed by atoms with Crippen molar-refractivity contribution in [3.8, 4) is 11.5 Å². The fourth-order valence-electron chi connectivity index (χ4n) is 4.03. The van der Waals surface area contributed by atoms with Gasteiger partial charge < -0.3 is 0 Å². The Morgan fingerprint density at radius 1 is 1.22 bits per heavy atom. The number of hydrogen-bond donors (Lipinski definition) is 0. The van der Waals surface area contributed by atoms with Crippen molar-refractivity contribution in [3.63, 3.8) is 0 Å². The zero-order chi connectivity index (χ0) is 13.6. The summed E-state index contributed by atoms with van der Waals surface area (Å²) in [5, 5.41) is 0. The van der Waals surface area contributed by atoms with E-state index >= 15 is 0 Å². The third-order valence-electron chi connectivity index (χ3n) is 5.40. The van der Waals surface area contributed by atoms with Crippen LogP contribution in [0.1, 0.15) is 33.6 Å². The molecule has 0 spiro atoms. The molecule has 2 heteroatoms. The van der Waals surface area contributed by atoms with Crippen molar-refractivity contribution in [2.24, 2.45) is 23.2 Å². The van der Waals surface area contributed by atoms with Gasteiger partial charge in [-0.25, -0.2) is 0 Å². The molecular formula is C16H28BSi. The summed E-state index contributed by atoms with van der Waals surface area (Å²) < 4.78 is 0. The Balaban J connectivity index is 1.84. The van der Waals surface area contributed by atoms with Crippen LogP contribution < -0.4 is 0 Å². The minimum Gasteiger partial charge on any atom is -0.133 e. The highest BCUT2D eigenvalue weighted by Gasteiger charge is 2.55. The molecule has 3 aliphatic rings.